The molecule has 0 bridgehead atoms. The van der Waals surface area contributed by atoms with E-state index in [1.54, 1.807) is 0 Å². The van der Waals surface area contributed by atoms with E-state index in [0.717, 1.165) is 42.6 Å². The van der Waals surface area contributed by atoms with Crippen LogP contribution in [0, 0.1) is 0 Å². The summed E-state index contributed by atoms with van der Waals surface area (Å²) in [7, 11) is 0. The number of carbonyl (C=O) groups is 2. The molecule has 7 nitrogen and oxygen atoms in total. The first-order chi connectivity index (χ1) is 19.7. The van der Waals surface area contributed by atoms with Crippen LogP contribution in [-0.4, -0.2) is 54.0 Å². The molecular weight excluding hydrogens is 518 g/mol. The van der Waals surface area contributed by atoms with Crippen molar-refractivity contribution in [3.8, 4) is 0 Å². The summed E-state index contributed by atoms with van der Waals surface area (Å²) in [5.41, 5.74) is 3.32. The fourth-order valence-electron chi connectivity index (χ4n) is 5.29. The second kappa shape index (κ2) is 14.1. The molecule has 1 aliphatic rings. The number of urea groups is 1. The third kappa shape index (κ3) is 7.67. The van der Waals surface area contributed by atoms with Gasteiger partial charge in [-0.3, -0.25) is 10.1 Å². The third-order valence-electron chi connectivity index (χ3n) is 7.42. The maximum Gasteiger partial charge on any atom is 0.323 e. The van der Waals surface area contributed by atoms with E-state index in [2.05, 4.69) is 69.5 Å². The average Bonchev–Trinajstić information content (AvgIpc) is 3.40. The smallest absolute Gasteiger partial charge is 0.323 e. The number of amides is 3. The summed E-state index contributed by atoms with van der Waals surface area (Å²) in [5, 5.41) is 10.1. The van der Waals surface area contributed by atoms with Gasteiger partial charge in [0, 0.05) is 31.5 Å². The molecule has 0 radical (unpaired) electrons. The number of fused-ring (bicyclic) bond motifs is 1. The van der Waals surface area contributed by atoms with Crippen molar-refractivity contribution < 1.29 is 9.59 Å². The number of benzene rings is 3. The second-order valence-electron chi connectivity index (χ2n) is 10.3. The number of aromatic nitrogens is 1. The standard InChI is InChI=1S/C32H37N5O2S/c38-30(34-26-17-20-33-21-18-26)16-9-22-37(32(39)36-31-35-28-14-7-8-15-29(28)40-31)23-19-27(24-10-3-1-4-11-24)25-12-5-2-6-13-25/h1-8,10-15,26-27,33H,9,16-23H2,(H,34,38)(H,35,36,39). The Kier molecular flexibility index (Phi) is 9.77. The molecule has 0 atom stereocenters. The molecule has 0 saturated carbocycles. The van der Waals surface area contributed by atoms with Gasteiger partial charge < -0.3 is 15.5 Å². The van der Waals surface area contributed by atoms with Crippen LogP contribution in [0.25, 0.3) is 10.2 Å². The Balaban J connectivity index is 1.26. The number of nitrogens with one attached hydrogen (secondary N) is 3. The molecule has 4 aromatic rings. The van der Waals surface area contributed by atoms with Crippen molar-refractivity contribution in [1.82, 2.24) is 20.5 Å². The van der Waals surface area contributed by atoms with Crippen molar-refractivity contribution >= 4 is 38.6 Å². The van der Waals surface area contributed by atoms with Crippen LogP contribution in [-0.2, 0) is 4.79 Å². The zero-order valence-corrected chi connectivity index (χ0v) is 23.5. The highest BCUT2D eigenvalue weighted by Crippen LogP contribution is 2.29. The summed E-state index contributed by atoms with van der Waals surface area (Å²) in [6, 6.07) is 28.8. The number of piperidine rings is 1. The highest BCUT2D eigenvalue weighted by molar-refractivity contribution is 7.22. The number of carbonyl (C=O) groups excluding carboxylic acids is 2. The van der Waals surface area contributed by atoms with Gasteiger partial charge >= 0.3 is 6.03 Å². The quantitative estimate of drug-likeness (QED) is 0.212. The van der Waals surface area contributed by atoms with E-state index in [1.807, 2.05) is 41.3 Å². The van der Waals surface area contributed by atoms with Crippen LogP contribution in [0.3, 0.4) is 0 Å². The first-order valence-corrected chi connectivity index (χ1v) is 15.0. The summed E-state index contributed by atoms with van der Waals surface area (Å²) in [6.07, 6.45) is 3.69. The van der Waals surface area contributed by atoms with E-state index in [4.69, 9.17) is 0 Å². The van der Waals surface area contributed by atoms with Crippen LogP contribution in [0.2, 0.25) is 0 Å². The molecule has 40 heavy (non-hydrogen) atoms. The van der Waals surface area contributed by atoms with Gasteiger partial charge in [-0.2, -0.15) is 0 Å². The fraction of sp³-hybridized carbons (Fsp3) is 0.344. The maximum absolute atomic E-state index is 13.5. The van der Waals surface area contributed by atoms with E-state index in [1.165, 1.54) is 22.5 Å². The highest BCUT2D eigenvalue weighted by Gasteiger charge is 2.21. The molecule has 0 unspecified atom stereocenters. The molecule has 3 aromatic carbocycles. The lowest BCUT2D eigenvalue weighted by atomic mass is 9.88. The summed E-state index contributed by atoms with van der Waals surface area (Å²) >= 11 is 1.47. The molecule has 3 N–H and O–H groups in total. The number of hydrogen-bond acceptors (Lipinski definition) is 5. The first kappa shape index (κ1) is 27.8. The van der Waals surface area contributed by atoms with Crippen LogP contribution in [0.1, 0.15) is 49.1 Å². The lowest BCUT2D eigenvalue weighted by Crippen LogP contribution is -2.43. The van der Waals surface area contributed by atoms with Gasteiger partial charge in [-0.1, -0.05) is 84.1 Å². The van der Waals surface area contributed by atoms with Crippen molar-refractivity contribution in [3.63, 3.8) is 0 Å². The monoisotopic (exact) mass is 555 g/mol. The number of nitrogens with zero attached hydrogens (tertiary/aromatic N) is 2. The molecule has 5 rings (SSSR count). The SMILES string of the molecule is O=C(CCCN(CCC(c1ccccc1)c1ccccc1)C(=O)Nc1nc2ccccc2s1)NC1CCNCC1. The normalized spacial score (nSPS) is 13.8. The van der Waals surface area contributed by atoms with Gasteiger partial charge in [0.05, 0.1) is 10.2 Å². The van der Waals surface area contributed by atoms with Gasteiger partial charge in [0.15, 0.2) is 5.13 Å². The first-order valence-electron chi connectivity index (χ1n) is 14.2. The number of anilines is 1. The van der Waals surface area contributed by atoms with Gasteiger partial charge in [-0.15, -0.1) is 0 Å². The minimum atomic E-state index is -0.183. The Labute approximate surface area is 240 Å². The van der Waals surface area contributed by atoms with Crippen molar-refractivity contribution in [1.29, 1.82) is 0 Å². The molecule has 3 amide bonds. The molecule has 208 valence electrons. The third-order valence-corrected chi connectivity index (χ3v) is 8.37. The van der Waals surface area contributed by atoms with Gasteiger partial charge in [0.25, 0.3) is 0 Å². The van der Waals surface area contributed by atoms with E-state index < -0.39 is 0 Å². The summed E-state index contributed by atoms with van der Waals surface area (Å²) in [6.45, 7) is 2.93. The molecule has 8 heteroatoms. The second-order valence-corrected chi connectivity index (χ2v) is 11.3. The molecule has 2 heterocycles. The van der Waals surface area contributed by atoms with E-state index >= 15 is 0 Å². The molecule has 1 aromatic heterocycles. The zero-order chi connectivity index (χ0) is 27.6. The minimum absolute atomic E-state index is 0.0601. The van der Waals surface area contributed by atoms with Crippen LogP contribution >= 0.6 is 11.3 Å². The van der Waals surface area contributed by atoms with E-state index in [9.17, 15) is 9.59 Å². The summed E-state index contributed by atoms with van der Waals surface area (Å²) < 4.78 is 1.03. The predicted molar refractivity (Wildman–Crippen MR) is 163 cm³/mol. The van der Waals surface area contributed by atoms with Crippen molar-refractivity contribution in [3.05, 3.63) is 96.1 Å². The zero-order valence-electron chi connectivity index (χ0n) is 22.7. The van der Waals surface area contributed by atoms with Crippen molar-refractivity contribution in [2.24, 2.45) is 0 Å². The molecule has 0 spiro atoms. The Bertz CT molecular complexity index is 1300. The average molecular weight is 556 g/mol. The Morgan fingerprint density at radius 1 is 0.900 bits per heavy atom. The van der Waals surface area contributed by atoms with E-state index in [0.29, 0.717) is 31.1 Å². The van der Waals surface area contributed by atoms with Gasteiger partial charge in [0.2, 0.25) is 5.91 Å². The Morgan fingerprint density at radius 3 is 2.23 bits per heavy atom. The largest absolute Gasteiger partial charge is 0.353 e. The topological polar surface area (TPSA) is 86.4 Å². The van der Waals surface area contributed by atoms with Gasteiger partial charge in [-0.05, 0) is 62.0 Å². The summed E-state index contributed by atoms with van der Waals surface area (Å²) in [4.78, 5) is 32.6. The van der Waals surface area contributed by atoms with Crippen LogP contribution in [0.4, 0.5) is 9.93 Å². The van der Waals surface area contributed by atoms with E-state index in [-0.39, 0.29) is 23.9 Å². The lowest BCUT2D eigenvalue weighted by molar-refractivity contribution is -0.122. The molecule has 0 aliphatic carbocycles. The van der Waals surface area contributed by atoms with Gasteiger partial charge in [0.1, 0.15) is 0 Å². The van der Waals surface area contributed by atoms with Crippen molar-refractivity contribution in [2.45, 2.75) is 44.1 Å². The molecule has 1 saturated heterocycles. The lowest BCUT2D eigenvalue weighted by Gasteiger charge is -2.26. The number of rotatable bonds is 11. The van der Waals surface area contributed by atoms with Crippen molar-refractivity contribution in [2.75, 3.05) is 31.5 Å². The molecule has 1 fully saturated rings. The van der Waals surface area contributed by atoms with Gasteiger partial charge in [-0.25, -0.2) is 9.78 Å². The number of hydrogen-bond donors (Lipinski definition) is 3. The maximum atomic E-state index is 13.5. The molecular formula is C32H37N5O2S. The Hall–Kier alpha value is -3.75. The van der Waals surface area contributed by atoms with Crippen LogP contribution in [0.5, 0.6) is 0 Å². The molecule has 1 aliphatic heterocycles. The number of para-hydroxylation sites is 1. The highest BCUT2D eigenvalue weighted by atomic mass is 32.1. The Morgan fingerprint density at radius 2 is 1.55 bits per heavy atom. The van der Waals surface area contributed by atoms with Crippen LogP contribution < -0.4 is 16.0 Å². The number of thiazole rings is 1. The fourth-order valence-corrected chi connectivity index (χ4v) is 6.14. The predicted octanol–water partition coefficient (Wildman–Crippen LogP) is 6.00. The minimum Gasteiger partial charge on any atom is -0.353 e. The van der Waals surface area contributed by atoms with Crippen LogP contribution in [0.15, 0.2) is 84.9 Å². The summed E-state index contributed by atoms with van der Waals surface area (Å²) in [5.74, 6) is 0.216.